The fourth-order valence-electron chi connectivity index (χ4n) is 2.76. The van der Waals surface area contributed by atoms with Gasteiger partial charge in [-0.25, -0.2) is 0 Å². The zero-order valence-electron chi connectivity index (χ0n) is 10.3. The maximum Gasteiger partial charge on any atom is 0.248 e. The van der Waals surface area contributed by atoms with Crippen LogP contribution in [0, 0.1) is 5.92 Å². The molecule has 2 N–H and O–H groups in total. The number of amides is 1. The Morgan fingerprint density at radius 1 is 1.39 bits per heavy atom. The summed E-state index contributed by atoms with van der Waals surface area (Å²) in [4.78, 5) is 13.4. The predicted molar refractivity (Wildman–Crippen MR) is 68.5 cm³/mol. The van der Waals surface area contributed by atoms with E-state index in [9.17, 15) is 4.79 Å². The van der Waals surface area contributed by atoms with Crippen LogP contribution in [-0.2, 0) is 0 Å². The molecule has 1 heterocycles. The first-order valence-corrected chi connectivity index (χ1v) is 6.51. The number of nitrogens with zero attached hydrogens (tertiary/aromatic N) is 1. The van der Waals surface area contributed by atoms with Gasteiger partial charge in [0, 0.05) is 18.2 Å². The summed E-state index contributed by atoms with van der Waals surface area (Å²) in [6.45, 7) is 2.93. The van der Waals surface area contributed by atoms with Crippen molar-refractivity contribution in [1.29, 1.82) is 0 Å². The van der Waals surface area contributed by atoms with Crippen molar-refractivity contribution >= 4 is 5.91 Å². The second-order valence-electron chi connectivity index (χ2n) is 5.12. The Morgan fingerprint density at radius 2 is 2.17 bits per heavy atom. The van der Waals surface area contributed by atoms with Crippen molar-refractivity contribution in [2.75, 3.05) is 19.7 Å². The second-order valence-corrected chi connectivity index (χ2v) is 5.12. The summed E-state index contributed by atoms with van der Waals surface area (Å²) in [5.41, 5.74) is 5.70. The van der Waals surface area contributed by atoms with Gasteiger partial charge in [0.2, 0.25) is 5.91 Å². The fourth-order valence-corrected chi connectivity index (χ4v) is 2.76. The van der Waals surface area contributed by atoms with E-state index in [0.29, 0.717) is 12.2 Å². The molecule has 4 nitrogen and oxygen atoms in total. The highest BCUT2D eigenvalue weighted by atomic mass is 16.5. The molecule has 1 aliphatic carbocycles. The number of likely N-dealkylation sites (tertiary alicyclic amines) is 1. The van der Waals surface area contributed by atoms with Crippen LogP contribution in [0.2, 0.25) is 0 Å². The van der Waals surface area contributed by atoms with Crippen LogP contribution in [0.5, 0.6) is 5.75 Å². The Bertz CT molecular complexity index is 444. The maximum atomic E-state index is 10.9. The molecule has 0 unspecified atom stereocenters. The first-order valence-electron chi connectivity index (χ1n) is 6.51. The van der Waals surface area contributed by atoms with Crippen LogP contribution in [0.4, 0.5) is 0 Å². The number of fused-ring (bicyclic) bond motifs is 1. The molecule has 1 aromatic carbocycles. The first-order chi connectivity index (χ1) is 8.74. The van der Waals surface area contributed by atoms with Gasteiger partial charge in [0.1, 0.15) is 12.4 Å². The minimum atomic E-state index is -0.404. The van der Waals surface area contributed by atoms with Crippen molar-refractivity contribution in [3.8, 4) is 5.75 Å². The maximum absolute atomic E-state index is 10.9. The molecular weight excluding hydrogens is 228 g/mol. The van der Waals surface area contributed by atoms with Gasteiger partial charge in [-0.1, -0.05) is 0 Å². The van der Waals surface area contributed by atoms with Crippen molar-refractivity contribution in [1.82, 2.24) is 4.90 Å². The van der Waals surface area contributed by atoms with Crippen LogP contribution in [0.3, 0.4) is 0 Å². The van der Waals surface area contributed by atoms with Gasteiger partial charge in [-0.2, -0.15) is 0 Å². The van der Waals surface area contributed by atoms with E-state index >= 15 is 0 Å². The van der Waals surface area contributed by atoms with Gasteiger partial charge in [0.15, 0.2) is 0 Å². The molecular formula is C14H18N2O2. The number of hydrogen-bond donors (Lipinski definition) is 1. The normalized spacial score (nSPS) is 25.8. The average molecular weight is 246 g/mol. The largest absolute Gasteiger partial charge is 0.492 e. The summed E-state index contributed by atoms with van der Waals surface area (Å²) in [5.74, 6) is 1.37. The van der Waals surface area contributed by atoms with Crippen molar-refractivity contribution < 1.29 is 9.53 Å². The molecule has 1 saturated heterocycles. The molecule has 3 rings (SSSR count). The van der Waals surface area contributed by atoms with Gasteiger partial charge in [-0.3, -0.25) is 9.69 Å². The van der Waals surface area contributed by atoms with Gasteiger partial charge in [-0.15, -0.1) is 0 Å². The van der Waals surface area contributed by atoms with Gasteiger partial charge in [-0.05, 0) is 49.6 Å². The summed E-state index contributed by atoms with van der Waals surface area (Å²) >= 11 is 0. The SMILES string of the molecule is NC(=O)c1ccc(OCCN2CC[C@@H]3C[C@@H]32)cc1. The van der Waals surface area contributed by atoms with Crippen LogP contribution in [0.25, 0.3) is 0 Å². The summed E-state index contributed by atoms with van der Waals surface area (Å²) in [6, 6.07) is 7.83. The number of piperidine rings is 1. The number of nitrogens with two attached hydrogens (primary N) is 1. The molecule has 1 aromatic rings. The Morgan fingerprint density at radius 3 is 2.72 bits per heavy atom. The van der Waals surface area contributed by atoms with E-state index in [1.807, 2.05) is 0 Å². The monoisotopic (exact) mass is 246 g/mol. The molecule has 2 fully saturated rings. The van der Waals surface area contributed by atoms with Crippen LogP contribution in [0.15, 0.2) is 24.3 Å². The number of ether oxygens (including phenoxy) is 1. The third kappa shape index (κ3) is 2.34. The molecule has 2 atom stereocenters. The van der Waals surface area contributed by atoms with Gasteiger partial charge < -0.3 is 10.5 Å². The number of carbonyl (C=O) groups excluding carboxylic acids is 1. The predicted octanol–water partition coefficient (Wildman–Crippen LogP) is 1.26. The van der Waals surface area contributed by atoms with Crippen molar-refractivity contribution in [2.24, 2.45) is 11.7 Å². The summed E-state index contributed by atoms with van der Waals surface area (Å²) in [7, 11) is 0. The van der Waals surface area contributed by atoms with Crippen molar-refractivity contribution in [2.45, 2.75) is 18.9 Å². The molecule has 0 radical (unpaired) electrons. The van der Waals surface area contributed by atoms with Crippen molar-refractivity contribution in [3.63, 3.8) is 0 Å². The smallest absolute Gasteiger partial charge is 0.248 e. The number of carbonyl (C=O) groups is 1. The first kappa shape index (κ1) is 11.5. The molecule has 1 amide bonds. The van der Waals surface area contributed by atoms with Gasteiger partial charge >= 0.3 is 0 Å². The van der Waals surface area contributed by atoms with E-state index in [-0.39, 0.29) is 0 Å². The van der Waals surface area contributed by atoms with E-state index in [4.69, 9.17) is 10.5 Å². The zero-order chi connectivity index (χ0) is 12.5. The van der Waals surface area contributed by atoms with E-state index < -0.39 is 5.91 Å². The lowest BCUT2D eigenvalue weighted by atomic mass is 10.2. The minimum Gasteiger partial charge on any atom is -0.492 e. The molecule has 1 aliphatic heterocycles. The molecule has 0 spiro atoms. The average Bonchev–Trinajstić information content (AvgIpc) is 3.05. The van der Waals surface area contributed by atoms with Crippen LogP contribution in [0.1, 0.15) is 23.2 Å². The van der Waals surface area contributed by atoms with E-state index in [0.717, 1.165) is 24.3 Å². The summed E-state index contributed by atoms with van der Waals surface area (Å²) in [5, 5.41) is 0. The van der Waals surface area contributed by atoms with Crippen LogP contribution in [-0.4, -0.2) is 36.5 Å². The molecule has 1 saturated carbocycles. The van der Waals surface area contributed by atoms with Gasteiger partial charge in [0.05, 0.1) is 0 Å². The third-order valence-corrected chi connectivity index (χ3v) is 3.93. The van der Waals surface area contributed by atoms with Crippen LogP contribution >= 0.6 is 0 Å². The lowest BCUT2D eigenvalue weighted by molar-refractivity contribution is 0.100. The number of rotatable bonds is 5. The molecule has 0 aromatic heterocycles. The summed E-state index contributed by atoms with van der Waals surface area (Å²) < 4.78 is 5.68. The Labute approximate surface area is 107 Å². The Balaban J connectivity index is 1.46. The van der Waals surface area contributed by atoms with E-state index in [1.54, 1.807) is 24.3 Å². The second kappa shape index (κ2) is 4.61. The van der Waals surface area contributed by atoms with Crippen molar-refractivity contribution in [3.05, 3.63) is 29.8 Å². The molecule has 96 valence electrons. The minimum absolute atomic E-state index is 0.404. The molecule has 4 heteroatoms. The van der Waals surface area contributed by atoms with E-state index in [1.165, 1.54) is 19.4 Å². The number of hydrogen-bond acceptors (Lipinski definition) is 3. The quantitative estimate of drug-likeness (QED) is 0.851. The highest BCUT2D eigenvalue weighted by Gasteiger charge is 2.46. The Hall–Kier alpha value is -1.55. The lowest BCUT2D eigenvalue weighted by Crippen LogP contribution is -2.28. The lowest BCUT2D eigenvalue weighted by Gasteiger charge is -2.17. The highest BCUT2D eigenvalue weighted by molar-refractivity contribution is 5.92. The van der Waals surface area contributed by atoms with Gasteiger partial charge in [0.25, 0.3) is 0 Å². The molecule has 2 aliphatic rings. The molecule has 0 bridgehead atoms. The van der Waals surface area contributed by atoms with Crippen LogP contribution < -0.4 is 10.5 Å². The Kier molecular flexibility index (Phi) is 2.96. The number of benzene rings is 1. The molecule has 18 heavy (non-hydrogen) atoms. The third-order valence-electron chi connectivity index (χ3n) is 3.93. The van der Waals surface area contributed by atoms with E-state index in [2.05, 4.69) is 4.90 Å². The topological polar surface area (TPSA) is 55.6 Å². The fraction of sp³-hybridized carbons (Fsp3) is 0.500. The summed E-state index contributed by atoms with van der Waals surface area (Å²) in [6.07, 6.45) is 2.74. The highest BCUT2D eigenvalue weighted by Crippen LogP contribution is 2.43. The zero-order valence-corrected chi connectivity index (χ0v) is 10.3. The number of primary amides is 1. The standard InChI is InChI=1S/C14H18N2O2/c15-14(17)10-1-3-12(4-2-10)18-8-7-16-6-5-11-9-13(11)16/h1-4,11,13H,5-9H2,(H2,15,17)/t11-,13+/m1/s1.